The Labute approximate surface area is 88.9 Å². The summed E-state index contributed by atoms with van der Waals surface area (Å²) in [5, 5.41) is 0. The lowest BCUT2D eigenvalue weighted by Crippen LogP contribution is -2.40. The topological polar surface area (TPSA) is 101 Å². The zero-order chi connectivity index (χ0) is 11.3. The Bertz CT molecular complexity index is 236. The van der Waals surface area contributed by atoms with E-state index in [-0.39, 0.29) is 17.7 Å². The van der Waals surface area contributed by atoms with Crippen molar-refractivity contribution in [3.05, 3.63) is 0 Å². The van der Waals surface area contributed by atoms with Gasteiger partial charge in [-0.1, -0.05) is 0 Å². The van der Waals surface area contributed by atoms with Gasteiger partial charge in [-0.15, -0.1) is 0 Å². The lowest BCUT2D eigenvalue weighted by atomic mass is 9.96. The van der Waals surface area contributed by atoms with Crippen LogP contribution in [-0.2, 0) is 9.59 Å². The van der Waals surface area contributed by atoms with Crippen molar-refractivity contribution >= 4 is 11.8 Å². The number of hydrazine groups is 1. The number of rotatable bonds is 4. The Morgan fingerprint density at radius 1 is 1.33 bits per heavy atom. The highest BCUT2D eigenvalue weighted by molar-refractivity contribution is 5.76. The Morgan fingerprint density at radius 3 is 2.40 bits per heavy atom. The maximum absolute atomic E-state index is 10.9. The van der Waals surface area contributed by atoms with E-state index in [1.54, 1.807) is 0 Å². The van der Waals surface area contributed by atoms with Crippen LogP contribution in [0, 0.1) is 5.92 Å². The molecule has 0 aromatic rings. The molecule has 0 aliphatic carbocycles. The summed E-state index contributed by atoms with van der Waals surface area (Å²) >= 11 is 0. The average molecular weight is 214 g/mol. The molecule has 1 fully saturated rings. The molecule has 0 unspecified atom stereocenters. The molecular formula is C9H18N4O2. The Kier molecular flexibility index (Phi) is 4.51. The van der Waals surface area contributed by atoms with E-state index < -0.39 is 0 Å². The van der Waals surface area contributed by atoms with Gasteiger partial charge in [0, 0.05) is 18.9 Å². The number of carbonyl (C=O) groups excluding carboxylic acids is 2. The van der Waals surface area contributed by atoms with E-state index in [1.165, 1.54) is 0 Å². The number of carbonyl (C=O) groups is 2. The van der Waals surface area contributed by atoms with E-state index in [2.05, 4.69) is 10.3 Å². The third kappa shape index (κ3) is 3.85. The Balaban J connectivity index is 2.20. The molecule has 1 aliphatic rings. The predicted molar refractivity (Wildman–Crippen MR) is 55.3 cm³/mol. The monoisotopic (exact) mass is 214 g/mol. The molecule has 5 N–H and O–H groups in total. The summed E-state index contributed by atoms with van der Waals surface area (Å²) in [5.41, 5.74) is 7.31. The van der Waals surface area contributed by atoms with Crippen molar-refractivity contribution in [1.29, 1.82) is 0 Å². The highest BCUT2D eigenvalue weighted by Crippen LogP contribution is 2.16. The van der Waals surface area contributed by atoms with Gasteiger partial charge in [-0.3, -0.25) is 15.0 Å². The van der Waals surface area contributed by atoms with Gasteiger partial charge in [0.15, 0.2) is 0 Å². The van der Waals surface area contributed by atoms with Crippen LogP contribution in [0.4, 0.5) is 0 Å². The lowest BCUT2D eigenvalue weighted by Gasteiger charge is -2.30. The van der Waals surface area contributed by atoms with E-state index in [9.17, 15) is 9.59 Å². The van der Waals surface area contributed by atoms with Crippen molar-refractivity contribution < 1.29 is 9.59 Å². The van der Waals surface area contributed by atoms with E-state index in [0.29, 0.717) is 13.0 Å². The van der Waals surface area contributed by atoms with Crippen molar-refractivity contribution in [2.75, 3.05) is 19.6 Å². The summed E-state index contributed by atoms with van der Waals surface area (Å²) in [6, 6.07) is 0. The second kappa shape index (κ2) is 5.67. The molecule has 1 heterocycles. The zero-order valence-electron chi connectivity index (χ0n) is 8.74. The first-order chi connectivity index (χ1) is 7.13. The van der Waals surface area contributed by atoms with Gasteiger partial charge in [0.2, 0.25) is 11.8 Å². The number of likely N-dealkylation sites (tertiary alicyclic amines) is 1. The van der Waals surface area contributed by atoms with Gasteiger partial charge in [-0.05, 0) is 25.9 Å². The van der Waals surface area contributed by atoms with E-state index in [1.807, 2.05) is 0 Å². The molecule has 0 atom stereocenters. The van der Waals surface area contributed by atoms with Gasteiger partial charge >= 0.3 is 0 Å². The van der Waals surface area contributed by atoms with Crippen LogP contribution in [0.2, 0.25) is 0 Å². The first kappa shape index (κ1) is 11.9. The Hall–Kier alpha value is -1.14. The number of nitrogens with one attached hydrogen (secondary N) is 1. The molecule has 0 aromatic carbocycles. The van der Waals surface area contributed by atoms with Crippen LogP contribution in [0.25, 0.3) is 0 Å². The minimum absolute atomic E-state index is 0.00425. The lowest BCUT2D eigenvalue weighted by molar-refractivity contribution is -0.124. The molecule has 6 heteroatoms. The van der Waals surface area contributed by atoms with Gasteiger partial charge in [0.05, 0.1) is 0 Å². The fourth-order valence-corrected chi connectivity index (χ4v) is 1.77. The predicted octanol–water partition coefficient (Wildman–Crippen LogP) is -1.44. The standard InChI is InChI=1S/C9H18N4O2/c10-9(15)7-1-4-13(5-2-7)6-3-8(14)12-11/h7H,1-6,11H2,(H2,10,15)(H,12,14). The van der Waals surface area contributed by atoms with Crippen LogP contribution in [0.15, 0.2) is 0 Å². The summed E-state index contributed by atoms with van der Waals surface area (Å²) in [6.07, 6.45) is 1.98. The van der Waals surface area contributed by atoms with Crippen molar-refractivity contribution in [2.24, 2.45) is 17.5 Å². The second-order valence-electron chi connectivity index (χ2n) is 3.84. The van der Waals surface area contributed by atoms with Crippen molar-refractivity contribution in [3.63, 3.8) is 0 Å². The maximum Gasteiger partial charge on any atom is 0.235 e. The molecule has 0 spiro atoms. The zero-order valence-corrected chi connectivity index (χ0v) is 8.74. The van der Waals surface area contributed by atoms with Crippen LogP contribution >= 0.6 is 0 Å². The van der Waals surface area contributed by atoms with Crippen LogP contribution in [-0.4, -0.2) is 36.3 Å². The number of piperidine rings is 1. The quantitative estimate of drug-likeness (QED) is 0.303. The number of hydrogen-bond donors (Lipinski definition) is 3. The number of nitrogens with zero attached hydrogens (tertiary/aromatic N) is 1. The Morgan fingerprint density at radius 2 is 1.93 bits per heavy atom. The molecule has 1 aliphatic heterocycles. The van der Waals surface area contributed by atoms with E-state index in [0.717, 1.165) is 25.9 Å². The molecule has 0 radical (unpaired) electrons. The van der Waals surface area contributed by atoms with Gasteiger partial charge < -0.3 is 10.6 Å². The molecule has 0 saturated carbocycles. The minimum Gasteiger partial charge on any atom is -0.369 e. The number of hydrogen-bond acceptors (Lipinski definition) is 4. The maximum atomic E-state index is 10.9. The number of nitrogens with two attached hydrogens (primary N) is 2. The van der Waals surface area contributed by atoms with Gasteiger partial charge in [0.25, 0.3) is 0 Å². The van der Waals surface area contributed by atoms with Crippen LogP contribution < -0.4 is 17.0 Å². The van der Waals surface area contributed by atoms with E-state index >= 15 is 0 Å². The molecule has 0 aromatic heterocycles. The highest BCUT2D eigenvalue weighted by atomic mass is 16.2. The molecule has 15 heavy (non-hydrogen) atoms. The number of primary amides is 1. The van der Waals surface area contributed by atoms with Crippen LogP contribution in [0.1, 0.15) is 19.3 Å². The second-order valence-corrected chi connectivity index (χ2v) is 3.84. The van der Waals surface area contributed by atoms with Gasteiger partial charge in [0.1, 0.15) is 0 Å². The van der Waals surface area contributed by atoms with Crippen molar-refractivity contribution in [2.45, 2.75) is 19.3 Å². The highest BCUT2D eigenvalue weighted by Gasteiger charge is 2.22. The molecule has 86 valence electrons. The first-order valence-electron chi connectivity index (χ1n) is 5.14. The summed E-state index contributed by atoms with van der Waals surface area (Å²) in [7, 11) is 0. The molecule has 1 rings (SSSR count). The van der Waals surface area contributed by atoms with Crippen LogP contribution in [0.5, 0.6) is 0 Å². The number of amides is 2. The van der Waals surface area contributed by atoms with Crippen LogP contribution in [0.3, 0.4) is 0 Å². The SMILES string of the molecule is NNC(=O)CCN1CCC(C(N)=O)CC1. The fourth-order valence-electron chi connectivity index (χ4n) is 1.77. The van der Waals surface area contributed by atoms with Gasteiger partial charge in [-0.25, -0.2) is 5.84 Å². The third-order valence-electron chi connectivity index (χ3n) is 2.81. The summed E-state index contributed by atoms with van der Waals surface area (Å²) in [6.45, 7) is 2.34. The molecule has 2 amide bonds. The molecule has 1 saturated heterocycles. The fraction of sp³-hybridized carbons (Fsp3) is 0.778. The van der Waals surface area contributed by atoms with Crippen molar-refractivity contribution in [1.82, 2.24) is 10.3 Å². The average Bonchev–Trinajstić information content (AvgIpc) is 2.26. The summed E-state index contributed by atoms with van der Waals surface area (Å²) < 4.78 is 0. The molecule has 0 bridgehead atoms. The first-order valence-corrected chi connectivity index (χ1v) is 5.14. The normalized spacial score (nSPS) is 18.7. The minimum atomic E-state index is -0.214. The largest absolute Gasteiger partial charge is 0.369 e. The summed E-state index contributed by atoms with van der Waals surface area (Å²) in [5.74, 6) is 4.60. The molecular weight excluding hydrogens is 196 g/mol. The smallest absolute Gasteiger partial charge is 0.235 e. The van der Waals surface area contributed by atoms with Gasteiger partial charge in [-0.2, -0.15) is 0 Å². The third-order valence-corrected chi connectivity index (χ3v) is 2.81. The molecule has 6 nitrogen and oxygen atoms in total. The summed E-state index contributed by atoms with van der Waals surface area (Å²) in [4.78, 5) is 23.9. The van der Waals surface area contributed by atoms with E-state index in [4.69, 9.17) is 11.6 Å². The van der Waals surface area contributed by atoms with Crippen molar-refractivity contribution in [3.8, 4) is 0 Å².